The van der Waals surface area contributed by atoms with Crippen LogP contribution in [-0.4, -0.2) is 29.4 Å². The third-order valence-electron chi connectivity index (χ3n) is 5.65. The Morgan fingerprint density at radius 1 is 1.15 bits per heavy atom. The molecule has 0 spiro atoms. The van der Waals surface area contributed by atoms with Crippen LogP contribution in [0.15, 0.2) is 53.6 Å². The molecule has 172 valence electrons. The molecule has 10 heteroatoms. The summed E-state index contributed by atoms with van der Waals surface area (Å²) in [7, 11) is 0. The first-order valence-electron chi connectivity index (χ1n) is 10.5. The molecule has 0 saturated carbocycles. The molecule has 5 rings (SSSR count). The smallest absolute Gasteiger partial charge is 0.260 e. The van der Waals surface area contributed by atoms with Crippen LogP contribution in [0.4, 0.5) is 10.2 Å². The van der Waals surface area contributed by atoms with Crippen molar-refractivity contribution in [1.29, 1.82) is 0 Å². The van der Waals surface area contributed by atoms with Gasteiger partial charge < -0.3 is 15.4 Å². The molecule has 8 nitrogen and oxygen atoms in total. The lowest BCUT2D eigenvalue weighted by atomic mass is 10.1. The third kappa shape index (κ3) is 3.54. The summed E-state index contributed by atoms with van der Waals surface area (Å²) in [5.74, 6) is -0.692. The average Bonchev–Trinajstić information content (AvgIpc) is 3.12. The largest absolute Gasteiger partial charge is 0.508 e. The maximum atomic E-state index is 14.0. The summed E-state index contributed by atoms with van der Waals surface area (Å²) in [5, 5.41) is 16.5. The number of anilines is 1. The van der Waals surface area contributed by atoms with Crippen LogP contribution in [0.1, 0.15) is 25.6 Å². The van der Waals surface area contributed by atoms with Crippen molar-refractivity contribution in [3.8, 4) is 17.0 Å². The highest BCUT2D eigenvalue weighted by atomic mass is 35.5. The first kappa shape index (κ1) is 21.8. The van der Waals surface area contributed by atoms with Crippen LogP contribution in [0.2, 0.25) is 5.02 Å². The van der Waals surface area contributed by atoms with Gasteiger partial charge in [-0.1, -0.05) is 23.7 Å². The molecule has 0 radical (unpaired) electrons. The minimum atomic E-state index is -0.617. The van der Waals surface area contributed by atoms with Crippen LogP contribution < -0.4 is 11.3 Å². The van der Waals surface area contributed by atoms with E-state index < -0.39 is 5.82 Å². The number of aromatic nitrogens is 5. The van der Waals surface area contributed by atoms with Crippen molar-refractivity contribution in [3.05, 3.63) is 75.7 Å². The molecule has 0 atom stereocenters. The number of fused-ring (bicyclic) bond motifs is 2. The molecule has 0 unspecified atom stereocenters. The van der Waals surface area contributed by atoms with Gasteiger partial charge in [-0.2, -0.15) is 5.10 Å². The summed E-state index contributed by atoms with van der Waals surface area (Å²) in [5.41, 5.74) is 7.69. The SMILES string of the molecule is CC(C)n1c(Cn2nc(-c3cc(O)cc(F)c3)c3c(N)ncnc32)cc2cccc(Cl)c2c1=O. The van der Waals surface area contributed by atoms with Crippen molar-refractivity contribution < 1.29 is 9.50 Å². The Balaban J connectivity index is 1.75. The van der Waals surface area contributed by atoms with Gasteiger partial charge in [0.25, 0.3) is 5.56 Å². The Kier molecular flexibility index (Phi) is 5.21. The highest BCUT2D eigenvalue weighted by Gasteiger charge is 2.21. The predicted octanol–water partition coefficient (Wildman–Crippen LogP) is 4.52. The zero-order valence-corrected chi connectivity index (χ0v) is 19.1. The Morgan fingerprint density at radius 2 is 1.94 bits per heavy atom. The number of benzene rings is 2. The fraction of sp³-hybridized carbons (Fsp3) is 0.167. The zero-order valence-electron chi connectivity index (χ0n) is 18.3. The van der Waals surface area contributed by atoms with Crippen LogP contribution in [0.3, 0.4) is 0 Å². The lowest BCUT2D eigenvalue weighted by Gasteiger charge is -2.18. The number of hydrogen-bond donors (Lipinski definition) is 2. The molecule has 0 aliphatic heterocycles. The molecule has 0 aliphatic carbocycles. The van der Waals surface area contributed by atoms with Crippen molar-refractivity contribution in [2.75, 3.05) is 5.73 Å². The van der Waals surface area contributed by atoms with Gasteiger partial charge in [-0.25, -0.2) is 19.0 Å². The van der Waals surface area contributed by atoms with E-state index in [2.05, 4.69) is 15.1 Å². The van der Waals surface area contributed by atoms with Gasteiger partial charge in [0.15, 0.2) is 5.65 Å². The van der Waals surface area contributed by atoms with Gasteiger partial charge in [0.05, 0.1) is 22.3 Å². The molecule has 3 N–H and O–H groups in total. The summed E-state index contributed by atoms with van der Waals surface area (Å²) in [6.45, 7) is 4.01. The maximum Gasteiger partial charge on any atom is 0.260 e. The Bertz CT molecular complexity index is 1620. The first-order chi connectivity index (χ1) is 16.2. The molecule has 2 aromatic carbocycles. The number of aromatic hydroxyl groups is 1. The van der Waals surface area contributed by atoms with Crippen LogP contribution in [-0.2, 0) is 6.54 Å². The number of phenolic OH excluding ortho intramolecular Hbond substituents is 1. The maximum absolute atomic E-state index is 14.0. The molecule has 0 amide bonds. The minimum absolute atomic E-state index is 0.149. The van der Waals surface area contributed by atoms with Crippen molar-refractivity contribution >= 4 is 39.2 Å². The molecule has 3 heterocycles. The number of hydrogen-bond acceptors (Lipinski definition) is 6. The Labute approximate surface area is 198 Å². The third-order valence-corrected chi connectivity index (χ3v) is 5.97. The van der Waals surface area contributed by atoms with Gasteiger partial charge in [-0.05, 0) is 43.5 Å². The summed E-state index contributed by atoms with van der Waals surface area (Å²) in [6, 6.07) is 10.7. The minimum Gasteiger partial charge on any atom is -0.508 e. The molecule has 34 heavy (non-hydrogen) atoms. The van der Waals surface area contributed by atoms with E-state index in [0.717, 1.165) is 6.07 Å². The van der Waals surface area contributed by atoms with Crippen LogP contribution in [0.25, 0.3) is 33.1 Å². The molecule has 3 aromatic heterocycles. The number of rotatable bonds is 4. The van der Waals surface area contributed by atoms with Crippen molar-refractivity contribution in [2.45, 2.75) is 26.4 Å². The van der Waals surface area contributed by atoms with E-state index in [-0.39, 0.29) is 29.7 Å². The summed E-state index contributed by atoms with van der Waals surface area (Å²) in [6.07, 6.45) is 1.32. The Hall–Kier alpha value is -3.98. The highest BCUT2D eigenvalue weighted by molar-refractivity contribution is 6.35. The number of pyridine rings is 1. The van der Waals surface area contributed by atoms with Gasteiger partial charge in [-0.3, -0.25) is 4.79 Å². The quantitative estimate of drug-likeness (QED) is 0.393. The molecule has 0 saturated heterocycles. The van der Waals surface area contributed by atoms with Crippen LogP contribution >= 0.6 is 11.6 Å². The van der Waals surface area contributed by atoms with Crippen LogP contribution in [0, 0.1) is 5.82 Å². The number of nitrogens with zero attached hydrogens (tertiary/aromatic N) is 5. The Morgan fingerprint density at radius 3 is 2.68 bits per heavy atom. The summed E-state index contributed by atoms with van der Waals surface area (Å²) < 4.78 is 17.3. The average molecular weight is 479 g/mol. The van der Waals surface area contributed by atoms with E-state index in [1.807, 2.05) is 26.0 Å². The molecular weight excluding hydrogens is 459 g/mol. The molecule has 5 aromatic rings. The standard InChI is InChI=1S/C24H20ClFN6O2/c1-12(2)32-16(7-13-4-3-5-18(25)19(13)24(32)34)10-31-23-20(22(27)28-11-29-23)21(30-31)14-6-15(26)9-17(33)8-14/h3-9,11-12,33H,10H2,1-2H3,(H2,27,28,29). The molecule has 0 aliphatic rings. The number of nitrogen functional groups attached to an aromatic ring is 1. The van der Waals surface area contributed by atoms with Gasteiger partial charge in [-0.15, -0.1) is 0 Å². The molecule has 0 fully saturated rings. The van der Waals surface area contributed by atoms with Crippen molar-refractivity contribution in [1.82, 2.24) is 24.3 Å². The number of halogens is 2. The van der Waals surface area contributed by atoms with Gasteiger partial charge in [0, 0.05) is 23.4 Å². The van der Waals surface area contributed by atoms with Gasteiger partial charge in [0.2, 0.25) is 0 Å². The molecule has 0 bridgehead atoms. The fourth-order valence-electron chi connectivity index (χ4n) is 4.28. The lowest BCUT2D eigenvalue weighted by molar-refractivity contribution is 0.469. The molecular formula is C24H20ClFN6O2. The second-order valence-electron chi connectivity index (χ2n) is 8.27. The normalized spacial score (nSPS) is 11.7. The fourth-order valence-corrected chi connectivity index (χ4v) is 4.54. The summed E-state index contributed by atoms with van der Waals surface area (Å²) in [4.78, 5) is 21.8. The van der Waals surface area contributed by atoms with Crippen molar-refractivity contribution in [2.24, 2.45) is 0 Å². The monoisotopic (exact) mass is 478 g/mol. The second-order valence-corrected chi connectivity index (χ2v) is 8.68. The van der Waals surface area contributed by atoms with Gasteiger partial charge >= 0.3 is 0 Å². The van der Waals surface area contributed by atoms with E-state index in [0.29, 0.717) is 43.8 Å². The first-order valence-corrected chi connectivity index (χ1v) is 10.9. The summed E-state index contributed by atoms with van der Waals surface area (Å²) >= 11 is 6.33. The van der Waals surface area contributed by atoms with E-state index >= 15 is 0 Å². The number of nitrogens with two attached hydrogens (primary N) is 1. The van der Waals surface area contributed by atoms with Gasteiger partial charge in [0.1, 0.15) is 29.4 Å². The lowest BCUT2D eigenvalue weighted by Crippen LogP contribution is -2.27. The van der Waals surface area contributed by atoms with Crippen LogP contribution in [0.5, 0.6) is 5.75 Å². The van der Waals surface area contributed by atoms with E-state index in [1.165, 1.54) is 18.5 Å². The van der Waals surface area contributed by atoms with E-state index in [4.69, 9.17) is 17.3 Å². The van der Waals surface area contributed by atoms with E-state index in [9.17, 15) is 14.3 Å². The predicted molar refractivity (Wildman–Crippen MR) is 129 cm³/mol. The van der Waals surface area contributed by atoms with Crippen molar-refractivity contribution in [3.63, 3.8) is 0 Å². The zero-order chi connectivity index (χ0) is 24.1. The van der Waals surface area contributed by atoms with E-state index in [1.54, 1.807) is 21.4 Å². The second kappa shape index (κ2) is 8.11. The topological polar surface area (TPSA) is 112 Å². The number of phenols is 1. The highest BCUT2D eigenvalue weighted by Crippen LogP contribution is 2.33.